The van der Waals surface area contributed by atoms with Crippen molar-refractivity contribution in [2.45, 2.75) is 6.61 Å². The first-order valence-electron chi connectivity index (χ1n) is 9.52. The fourth-order valence-electron chi connectivity index (χ4n) is 2.96. The van der Waals surface area contributed by atoms with Gasteiger partial charge in [-0.05, 0) is 48.0 Å². The van der Waals surface area contributed by atoms with E-state index in [1.807, 2.05) is 17.5 Å². The number of nitrogens with one attached hydrogen (secondary N) is 1. The van der Waals surface area contributed by atoms with Gasteiger partial charge in [-0.1, -0.05) is 6.08 Å². The molecule has 0 spiro atoms. The van der Waals surface area contributed by atoms with Gasteiger partial charge in [-0.2, -0.15) is 13.9 Å². The Labute approximate surface area is 186 Å². The van der Waals surface area contributed by atoms with E-state index in [4.69, 9.17) is 4.74 Å². The number of carbonyl (C=O) groups excluding carboxylic acids is 1. The molecular formula is C22H18F2N4O3S. The van der Waals surface area contributed by atoms with Crippen molar-refractivity contribution >= 4 is 29.1 Å². The molecule has 0 saturated carbocycles. The maximum absolute atomic E-state index is 12.3. The molecule has 0 atom stereocenters. The van der Waals surface area contributed by atoms with Gasteiger partial charge in [0.05, 0.1) is 24.1 Å². The number of benzene rings is 2. The first-order chi connectivity index (χ1) is 15.5. The van der Waals surface area contributed by atoms with Crippen LogP contribution in [0.1, 0.15) is 5.56 Å². The van der Waals surface area contributed by atoms with E-state index in [9.17, 15) is 13.6 Å². The molecule has 1 N–H and O–H groups in total. The minimum absolute atomic E-state index is 0.0131. The number of carbonyl (C=O) groups is 1. The maximum Gasteiger partial charge on any atom is 0.387 e. The SMILES string of the molecule is C=CCN=c1scc(-c2ccc3c(c2)NC(=O)CO3)n1N=Cc1ccc(OC(F)F)cc1. The normalized spacial score (nSPS) is 13.7. The van der Waals surface area contributed by atoms with Crippen LogP contribution in [0.15, 0.2) is 70.6 Å². The Morgan fingerprint density at radius 3 is 2.84 bits per heavy atom. The molecule has 1 amide bonds. The average Bonchev–Trinajstić information content (AvgIpc) is 3.19. The molecule has 2 aromatic carbocycles. The number of amides is 1. The van der Waals surface area contributed by atoms with Crippen molar-refractivity contribution in [1.29, 1.82) is 0 Å². The highest BCUT2D eigenvalue weighted by atomic mass is 32.1. The van der Waals surface area contributed by atoms with E-state index in [2.05, 4.69) is 26.7 Å². The summed E-state index contributed by atoms with van der Waals surface area (Å²) in [5.74, 6) is 0.453. The Morgan fingerprint density at radius 2 is 2.09 bits per heavy atom. The van der Waals surface area contributed by atoms with Crippen molar-refractivity contribution in [3.8, 4) is 22.8 Å². The minimum atomic E-state index is -2.88. The van der Waals surface area contributed by atoms with Crippen LogP contribution in [0, 0.1) is 0 Å². The molecule has 1 aliphatic heterocycles. The minimum Gasteiger partial charge on any atom is -0.482 e. The van der Waals surface area contributed by atoms with Gasteiger partial charge in [0, 0.05) is 10.9 Å². The highest BCUT2D eigenvalue weighted by Crippen LogP contribution is 2.32. The van der Waals surface area contributed by atoms with Gasteiger partial charge in [0.2, 0.25) is 4.80 Å². The van der Waals surface area contributed by atoms with Crippen LogP contribution in [0.2, 0.25) is 0 Å². The summed E-state index contributed by atoms with van der Waals surface area (Å²) in [7, 11) is 0. The molecule has 0 radical (unpaired) electrons. The summed E-state index contributed by atoms with van der Waals surface area (Å²) >= 11 is 1.41. The van der Waals surface area contributed by atoms with Gasteiger partial charge < -0.3 is 14.8 Å². The molecule has 1 aliphatic rings. The number of hydrogen-bond acceptors (Lipinski definition) is 6. The third kappa shape index (κ3) is 4.92. The molecule has 0 aliphatic carbocycles. The lowest BCUT2D eigenvalue weighted by molar-refractivity contribution is -0.118. The van der Waals surface area contributed by atoms with Gasteiger partial charge in [0.15, 0.2) is 6.61 Å². The monoisotopic (exact) mass is 456 g/mol. The van der Waals surface area contributed by atoms with Crippen LogP contribution in [0.4, 0.5) is 14.5 Å². The van der Waals surface area contributed by atoms with Gasteiger partial charge in [-0.15, -0.1) is 17.9 Å². The lowest BCUT2D eigenvalue weighted by atomic mass is 10.1. The lowest BCUT2D eigenvalue weighted by Gasteiger charge is -2.18. The van der Waals surface area contributed by atoms with Crippen molar-refractivity contribution in [1.82, 2.24) is 4.68 Å². The van der Waals surface area contributed by atoms with Crippen LogP contribution < -0.4 is 19.6 Å². The van der Waals surface area contributed by atoms with Crippen molar-refractivity contribution in [3.63, 3.8) is 0 Å². The van der Waals surface area contributed by atoms with E-state index in [1.165, 1.54) is 23.5 Å². The van der Waals surface area contributed by atoms with Crippen molar-refractivity contribution in [2.24, 2.45) is 10.1 Å². The molecule has 4 rings (SSSR count). The molecule has 0 fully saturated rings. The fourth-order valence-corrected chi connectivity index (χ4v) is 3.81. The zero-order chi connectivity index (χ0) is 22.5. The van der Waals surface area contributed by atoms with Gasteiger partial charge >= 0.3 is 6.61 Å². The predicted octanol–water partition coefficient (Wildman–Crippen LogP) is 4.12. The molecule has 32 heavy (non-hydrogen) atoms. The first-order valence-corrected chi connectivity index (χ1v) is 10.4. The number of anilines is 1. The summed E-state index contributed by atoms with van der Waals surface area (Å²) in [5.41, 5.74) is 2.84. The number of thiazole rings is 1. The van der Waals surface area contributed by atoms with Gasteiger partial charge in [0.25, 0.3) is 5.91 Å². The number of halogens is 2. The quantitative estimate of drug-likeness (QED) is 0.429. The third-order valence-corrected chi connectivity index (χ3v) is 5.23. The molecule has 7 nitrogen and oxygen atoms in total. The summed E-state index contributed by atoms with van der Waals surface area (Å²) in [4.78, 5) is 16.8. The second-order valence-electron chi connectivity index (χ2n) is 6.58. The molecule has 3 aromatic rings. The summed E-state index contributed by atoms with van der Waals surface area (Å²) in [5, 5.41) is 9.26. The molecular weight excluding hydrogens is 438 g/mol. The van der Waals surface area contributed by atoms with Crippen molar-refractivity contribution in [2.75, 3.05) is 18.5 Å². The molecule has 10 heteroatoms. The Balaban J connectivity index is 1.69. The average molecular weight is 456 g/mol. The van der Waals surface area contributed by atoms with Crippen LogP contribution in [0.3, 0.4) is 0 Å². The summed E-state index contributed by atoms with van der Waals surface area (Å²) in [6.45, 7) is 1.22. The number of hydrogen-bond donors (Lipinski definition) is 1. The first kappa shape index (κ1) is 21.4. The van der Waals surface area contributed by atoms with E-state index in [0.717, 1.165) is 11.3 Å². The Morgan fingerprint density at radius 1 is 1.28 bits per heavy atom. The number of rotatable bonds is 7. The van der Waals surface area contributed by atoms with E-state index >= 15 is 0 Å². The standard InChI is InChI=1S/C22H18F2N4O3S/c1-2-9-25-22-28(26-11-14-3-6-16(7-4-14)31-21(23)24)18(13-32-22)15-5-8-19-17(10-15)27-20(29)12-30-19/h2-8,10-11,13,21H,1,9,12H2,(H,27,29). The van der Waals surface area contributed by atoms with Crippen LogP contribution >= 0.6 is 11.3 Å². The van der Waals surface area contributed by atoms with Gasteiger partial charge in [0.1, 0.15) is 11.5 Å². The summed E-state index contributed by atoms with van der Waals surface area (Å²) in [6.07, 6.45) is 3.28. The largest absolute Gasteiger partial charge is 0.482 e. The predicted molar refractivity (Wildman–Crippen MR) is 119 cm³/mol. The number of fused-ring (bicyclic) bond motifs is 1. The topological polar surface area (TPSA) is 77.2 Å². The number of nitrogens with zero attached hydrogens (tertiary/aromatic N) is 3. The van der Waals surface area contributed by atoms with Gasteiger partial charge in [-0.25, -0.2) is 4.68 Å². The number of ether oxygens (including phenoxy) is 2. The Bertz CT molecular complexity index is 1230. The summed E-state index contributed by atoms with van der Waals surface area (Å²) in [6, 6.07) is 11.6. The van der Waals surface area contributed by atoms with Crippen molar-refractivity contribution < 1.29 is 23.0 Å². The second kappa shape index (κ2) is 9.56. The zero-order valence-electron chi connectivity index (χ0n) is 16.7. The van der Waals surface area contributed by atoms with E-state index in [-0.39, 0.29) is 18.3 Å². The Hall–Kier alpha value is -3.79. The van der Waals surface area contributed by atoms with Crippen LogP contribution in [-0.4, -0.2) is 36.6 Å². The Kier molecular flexibility index (Phi) is 6.41. The second-order valence-corrected chi connectivity index (χ2v) is 7.42. The molecule has 2 heterocycles. The van der Waals surface area contributed by atoms with Crippen LogP contribution in [-0.2, 0) is 4.79 Å². The number of alkyl halides is 2. The van der Waals surface area contributed by atoms with E-state index in [0.29, 0.717) is 28.3 Å². The van der Waals surface area contributed by atoms with Gasteiger partial charge in [-0.3, -0.25) is 9.79 Å². The third-order valence-electron chi connectivity index (χ3n) is 4.38. The van der Waals surface area contributed by atoms with E-state index in [1.54, 1.807) is 35.2 Å². The zero-order valence-corrected chi connectivity index (χ0v) is 17.5. The lowest BCUT2D eigenvalue weighted by Crippen LogP contribution is -2.25. The smallest absolute Gasteiger partial charge is 0.387 e. The molecule has 1 aromatic heterocycles. The molecule has 0 bridgehead atoms. The highest BCUT2D eigenvalue weighted by molar-refractivity contribution is 7.07. The highest BCUT2D eigenvalue weighted by Gasteiger charge is 2.17. The summed E-state index contributed by atoms with van der Waals surface area (Å²) < 4.78 is 36.1. The maximum atomic E-state index is 12.3. The van der Waals surface area contributed by atoms with Crippen molar-refractivity contribution in [3.05, 3.63) is 70.9 Å². The van der Waals surface area contributed by atoms with E-state index < -0.39 is 6.61 Å². The van der Waals surface area contributed by atoms with Crippen LogP contribution in [0.5, 0.6) is 11.5 Å². The number of aromatic nitrogens is 1. The molecule has 164 valence electrons. The molecule has 0 unspecified atom stereocenters. The van der Waals surface area contributed by atoms with Crippen LogP contribution in [0.25, 0.3) is 11.3 Å². The molecule has 0 saturated heterocycles. The fraction of sp³-hybridized carbons (Fsp3) is 0.136.